The monoisotopic (exact) mass is 389 g/mol. The van der Waals surface area contributed by atoms with Crippen molar-refractivity contribution in [1.82, 2.24) is 10.2 Å². The summed E-state index contributed by atoms with van der Waals surface area (Å²) in [6.45, 7) is 4.90. The van der Waals surface area contributed by atoms with Crippen LogP contribution in [0.15, 0.2) is 35.9 Å². The molecule has 1 aromatic carbocycles. The molecule has 0 aromatic heterocycles. The van der Waals surface area contributed by atoms with Crippen molar-refractivity contribution in [1.29, 1.82) is 0 Å². The van der Waals surface area contributed by atoms with Gasteiger partial charge in [-0.3, -0.25) is 0 Å². The lowest BCUT2D eigenvalue weighted by molar-refractivity contribution is -0.0759. The van der Waals surface area contributed by atoms with E-state index in [-0.39, 0.29) is 5.75 Å². The summed E-state index contributed by atoms with van der Waals surface area (Å²) in [7, 11) is -3.34. The summed E-state index contributed by atoms with van der Waals surface area (Å²) in [6.07, 6.45) is 7.20. The van der Waals surface area contributed by atoms with E-state index in [2.05, 4.69) is 53.5 Å². The van der Waals surface area contributed by atoms with Crippen LogP contribution in [0.3, 0.4) is 0 Å². The van der Waals surface area contributed by atoms with E-state index in [1.807, 2.05) is 0 Å². The summed E-state index contributed by atoms with van der Waals surface area (Å²) in [6, 6.07) is 11.9. The fourth-order valence-corrected chi connectivity index (χ4v) is 5.52. The first-order valence-corrected chi connectivity index (χ1v) is 11.8. The Morgan fingerprint density at radius 3 is 2.63 bits per heavy atom. The molecule has 3 aliphatic rings. The Bertz CT molecular complexity index is 792. The molecule has 2 aliphatic carbocycles. The molecule has 0 bridgehead atoms. The smallest absolute Gasteiger partial charge is 0.210 e. The molecule has 27 heavy (non-hydrogen) atoms. The molecule has 3 fully saturated rings. The summed E-state index contributed by atoms with van der Waals surface area (Å²) in [5.41, 5.74) is 3.30. The highest BCUT2D eigenvalue weighted by atomic mass is 32.2. The van der Waals surface area contributed by atoms with Crippen LogP contribution in [0, 0.1) is 11.3 Å². The number of benzene rings is 1. The van der Waals surface area contributed by atoms with Crippen LogP contribution in [0.25, 0.3) is 6.08 Å². The van der Waals surface area contributed by atoms with Gasteiger partial charge in [0.2, 0.25) is 10.0 Å². The highest BCUT2D eigenvalue weighted by molar-refractivity contribution is 7.89. The molecule has 1 spiro atoms. The second kappa shape index (κ2) is 7.32. The van der Waals surface area contributed by atoms with Crippen LogP contribution in [0.4, 0.5) is 0 Å². The Labute approximate surface area is 163 Å². The fourth-order valence-electron chi connectivity index (χ4n) is 5.00. The van der Waals surface area contributed by atoms with Gasteiger partial charge in [0.15, 0.2) is 0 Å². The highest BCUT2D eigenvalue weighted by Crippen LogP contribution is 2.50. The van der Waals surface area contributed by atoms with Crippen LogP contribution < -0.4 is 10.5 Å². The van der Waals surface area contributed by atoms with Gasteiger partial charge in [-0.2, -0.15) is 0 Å². The summed E-state index contributed by atoms with van der Waals surface area (Å²) in [5.74, 6) is 0.765. The molecule has 0 unspecified atom stereocenters. The fraction of sp³-hybridized carbons (Fsp3) is 0.619. The van der Waals surface area contributed by atoms with E-state index >= 15 is 0 Å². The largest absolute Gasteiger partial charge is 0.311 e. The molecule has 5 nitrogen and oxygen atoms in total. The molecule has 3 N–H and O–H groups in total. The van der Waals surface area contributed by atoms with Crippen molar-refractivity contribution in [2.24, 2.45) is 16.5 Å². The number of nitrogens with two attached hydrogens (primary N) is 1. The maximum Gasteiger partial charge on any atom is 0.210 e. The summed E-state index contributed by atoms with van der Waals surface area (Å²) >= 11 is 0. The molecule has 1 heterocycles. The predicted octanol–water partition coefficient (Wildman–Crippen LogP) is 2.21. The molecule has 1 aromatic rings. The van der Waals surface area contributed by atoms with Gasteiger partial charge in [-0.15, -0.1) is 0 Å². The van der Waals surface area contributed by atoms with Crippen LogP contribution in [0.1, 0.15) is 38.2 Å². The Balaban J connectivity index is 1.19. The molecule has 2 saturated carbocycles. The number of hydrogen-bond acceptors (Lipinski definition) is 4. The van der Waals surface area contributed by atoms with Gasteiger partial charge in [-0.05, 0) is 42.6 Å². The van der Waals surface area contributed by atoms with E-state index in [4.69, 9.17) is 5.14 Å². The Morgan fingerprint density at radius 1 is 1.30 bits per heavy atom. The maximum absolute atomic E-state index is 11.1. The summed E-state index contributed by atoms with van der Waals surface area (Å²) < 4.78 is 22.1. The first-order chi connectivity index (χ1) is 12.9. The molecular formula is C21H31N3O2S. The van der Waals surface area contributed by atoms with E-state index in [1.54, 1.807) is 5.57 Å². The van der Waals surface area contributed by atoms with E-state index in [0.29, 0.717) is 30.0 Å². The molecule has 1 saturated heterocycles. The number of nitrogens with zero attached hydrogens (tertiary/aromatic N) is 1. The number of nitrogens with one attached hydrogen (secondary N) is 1. The second-order valence-electron chi connectivity index (χ2n) is 8.78. The number of rotatable bonds is 8. The average molecular weight is 390 g/mol. The van der Waals surface area contributed by atoms with Gasteiger partial charge in [0.25, 0.3) is 0 Å². The molecule has 4 rings (SSSR count). The molecule has 1 aliphatic heterocycles. The zero-order chi connectivity index (χ0) is 19.1. The van der Waals surface area contributed by atoms with E-state index in [1.165, 1.54) is 24.8 Å². The molecular weight excluding hydrogens is 358 g/mol. The van der Waals surface area contributed by atoms with Crippen molar-refractivity contribution in [2.45, 2.75) is 44.7 Å². The van der Waals surface area contributed by atoms with Crippen LogP contribution in [-0.2, 0) is 10.0 Å². The number of hydrogen-bond donors (Lipinski definition) is 2. The van der Waals surface area contributed by atoms with Gasteiger partial charge >= 0.3 is 0 Å². The number of sulfonamides is 1. The third kappa shape index (κ3) is 4.62. The van der Waals surface area contributed by atoms with Crippen LogP contribution >= 0.6 is 0 Å². The highest BCUT2D eigenvalue weighted by Gasteiger charge is 2.53. The van der Waals surface area contributed by atoms with Crippen molar-refractivity contribution in [3.05, 3.63) is 41.5 Å². The third-order valence-corrected chi connectivity index (χ3v) is 7.20. The lowest BCUT2D eigenvalue weighted by atomic mass is 9.60. The maximum atomic E-state index is 11.1. The zero-order valence-corrected chi connectivity index (χ0v) is 16.9. The van der Waals surface area contributed by atoms with E-state index in [9.17, 15) is 8.42 Å². The Morgan fingerprint density at radius 2 is 2.00 bits per heavy atom. The normalized spacial score (nSPS) is 28.0. The molecule has 2 atom stereocenters. The molecule has 6 heteroatoms. The van der Waals surface area contributed by atoms with Gasteiger partial charge in [-0.25, -0.2) is 13.6 Å². The first-order valence-electron chi connectivity index (χ1n) is 10.1. The number of primary sulfonamides is 1. The minimum atomic E-state index is -3.34. The lowest BCUT2D eigenvalue weighted by Crippen LogP contribution is -2.66. The second-order valence-corrected chi connectivity index (χ2v) is 10.5. The van der Waals surface area contributed by atoms with Gasteiger partial charge in [0.1, 0.15) is 0 Å². The lowest BCUT2D eigenvalue weighted by Gasteiger charge is -2.59. The van der Waals surface area contributed by atoms with Crippen molar-refractivity contribution in [3.63, 3.8) is 0 Å². The van der Waals surface area contributed by atoms with E-state index < -0.39 is 10.0 Å². The molecule has 0 amide bonds. The predicted molar refractivity (Wildman–Crippen MR) is 110 cm³/mol. The topological polar surface area (TPSA) is 75.4 Å². The van der Waals surface area contributed by atoms with Gasteiger partial charge in [0.05, 0.1) is 5.75 Å². The van der Waals surface area contributed by atoms with Crippen LogP contribution in [0.5, 0.6) is 0 Å². The average Bonchev–Trinajstić information content (AvgIpc) is 3.31. The van der Waals surface area contributed by atoms with E-state index in [0.717, 1.165) is 19.5 Å². The minimum absolute atomic E-state index is 0.0715. The van der Waals surface area contributed by atoms with Crippen molar-refractivity contribution in [3.8, 4) is 0 Å². The Hall–Kier alpha value is -1.21. The summed E-state index contributed by atoms with van der Waals surface area (Å²) in [4.78, 5) is 2.22. The molecule has 148 valence electrons. The first kappa shape index (κ1) is 19.1. The van der Waals surface area contributed by atoms with Crippen LogP contribution in [0.2, 0.25) is 0 Å². The standard InChI is InChI=1S/C21H31N3O2S/c1-2-17(10-16-6-4-3-5-7-16)19-11-20(19)23-18-12-21(13-18)14-24(15-21)8-9-27(22,25)26/h3-7,10,18-20,23H,2,8-9,11-15H2,1H3,(H2,22,25,26)/b17-10+/t19-,20+/m0/s1. The Kier molecular flexibility index (Phi) is 5.18. The van der Waals surface area contributed by atoms with Gasteiger partial charge in [0, 0.05) is 31.7 Å². The van der Waals surface area contributed by atoms with Gasteiger partial charge in [-0.1, -0.05) is 48.9 Å². The van der Waals surface area contributed by atoms with Crippen LogP contribution in [-0.4, -0.2) is 50.8 Å². The van der Waals surface area contributed by atoms with Crippen molar-refractivity contribution < 1.29 is 8.42 Å². The SMILES string of the molecule is CC/C(=C\c1ccccc1)[C@@H]1C[C@H]1NC1CC2(C1)CN(CCS(N)(=O)=O)C2. The number of likely N-dealkylation sites (tertiary alicyclic amines) is 1. The minimum Gasteiger partial charge on any atom is -0.311 e. The quantitative estimate of drug-likeness (QED) is 0.715. The third-order valence-electron chi connectivity index (χ3n) is 6.45. The van der Waals surface area contributed by atoms with Crippen molar-refractivity contribution >= 4 is 16.1 Å². The zero-order valence-electron chi connectivity index (χ0n) is 16.1. The summed E-state index contributed by atoms with van der Waals surface area (Å²) in [5, 5.41) is 8.95. The molecule has 0 radical (unpaired) electrons. The van der Waals surface area contributed by atoms with Gasteiger partial charge < -0.3 is 10.2 Å². The van der Waals surface area contributed by atoms with Crippen molar-refractivity contribution in [2.75, 3.05) is 25.4 Å².